The number of aliphatic hydroxyl groups is 1. The molecule has 1 aliphatic rings. The summed E-state index contributed by atoms with van der Waals surface area (Å²) in [5, 5.41) is 12.5. The summed E-state index contributed by atoms with van der Waals surface area (Å²) in [4.78, 5) is 14.6. The van der Waals surface area contributed by atoms with Crippen LogP contribution in [-0.2, 0) is 11.3 Å². The smallest absolute Gasteiger partial charge is 0.224 e. The highest BCUT2D eigenvalue weighted by atomic mass is 16.3. The van der Waals surface area contributed by atoms with Crippen LogP contribution in [0.2, 0.25) is 0 Å². The molecule has 1 amide bonds. The summed E-state index contributed by atoms with van der Waals surface area (Å²) >= 11 is 0. The second kappa shape index (κ2) is 8.91. The van der Waals surface area contributed by atoms with E-state index in [1.807, 2.05) is 13.0 Å². The van der Waals surface area contributed by atoms with Crippen molar-refractivity contribution < 1.29 is 9.90 Å². The largest absolute Gasteiger partial charge is 0.393 e. The zero-order valence-electron chi connectivity index (χ0n) is 13.5. The van der Waals surface area contributed by atoms with Gasteiger partial charge in [-0.15, -0.1) is 0 Å². The van der Waals surface area contributed by atoms with Gasteiger partial charge in [0.05, 0.1) is 12.0 Å². The number of nitrogens with one attached hydrogen (secondary N) is 1. The molecule has 4 nitrogen and oxygen atoms in total. The van der Waals surface area contributed by atoms with Crippen molar-refractivity contribution in [3.05, 3.63) is 35.9 Å². The summed E-state index contributed by atoms with van der Waals surface area (Å²) in [5.41, 5.74) is 1.30. The highest BCUT2D eigenvalue weighted by Crippen LogP contribution is 2.18. The Morgan fingerprint density at radius 2 is 2.18 bits per heavy atom. The quantitative estimate of drug-likeness (QED) is 0.812. The summed E-state index contributed by atoms with van der Waals surface area (Å²) in [5.74, 6) is 0.220. The summed E-state index contributed by atoms with van der Waals surface area (Å²) < 4.78 is 0. The SMILES string of the molecule is CCC(O)CCNC(=O)C1CCCN(Cc2ccccc2)C1. The van der Waals surface area contributed by atoms with Gasteiger partial charge in [-0.1, -0.05) is 37.3 Å². The Labute approximate surface area is 133 Å². The standard InChI is InChI=1S/C18H28N2O2/c1-2-17(21)10-11-19-18(22)16-9-6-12-20(14-16)13-15-7-4-3-5-8-15/h3-5,7-8,16-17,21H,2,6,9-14H2,1H3,(H,19,22). The van der Waals surface area contributed by atoms with E-state index in [-0.39, 0.29) is 17.9 Å². The lowest BCUT2D eigenvalue weighted by Gasteiger charge is -2.32. The third-order valence-electron chi connectivity index (χ3n) is 4.37. The van der Waals surface area contributed by atoms with E-state index in [1.54, 1.807) is 0 Å². The molecule has 0 saturated carbocycles. The van der Waals surface area contributed by atoms with E-state index in [0.29, 0.717) is 13.0 Å². The Morgan fingerprint density at radius 1 is 1.41 bits per heavy atom. The zero-order valence-corrected chi connectivity index (χ0v) is 13.5. The molecule has 0 radical (unpaired) electrons. The number of rotatable bonds is 7. The lowest BCUT2D eigenvalue weighted by atomic mass is 9.96. The fraction of sp³-hybridized carbons (Fsp3) is 0.611. The molecule has 1 aliphatic heterocycles. The van der Waals surface area contributed by atoms with Crippen molar-refractivity contribution >= 4 is 5.91 Å². The van der Waals surface area contributed by atoms with Gasteiger partial charge in [0.1, 0.15) is 0 Å². The number of likely N-dealkylation sites (tertiary alicyclic amines) is 1. The summed E-state index contributed by atoms with van der Waals surface area (Å²) in [7, 11) is 0. The number of carbonyl (C=O) groups is 1. The van der Waals surface area contributed by atoms with E-state index < -0.39 is 0 Å². The highest BCUT2D eigenvalue weighted by molar-refractivity contribution is 5.78. The molecular formula is C18H28N2O2. The minimum Gasteiger partial charge on any atom is -0.393 e. The number of hydrogen-bond acceptors (Lipinski definition) is 3. The molecule has 0 bridgehead atoms. The molecule has 2 unspecified atom stereocenters. The van der Waals surface area contributed by atoms with Crippen LogP contribution in [-0.4, -0.2) is 41.7 Å². The van der Waals surface area contributed by atoms with Gasteiger partial charge in [0.15, 0.2) is 0 Å². The number of benzene rings is 1. The maximum atomic E-state index is 12.2. The summed E-state index contributed by atoms with van der Waals surface area (Å²) in [6, 6.07) is 10.4. The molecule has 2 N–H and O–H groups in total. The number of carbonyl (C=O) groups excluding carboxylic acids is 1. The maximum Gasteiger partial charge on any atom is 0.224 e. The summed E-state index contributed by atoms with van der Waals surface area (Å²) in [6.07, 6.45) is 3.12. The molecule has 0 aliphatic carbocycles. The first kappa shape index (κ1) is 17.0. The predicted octanol–water partition coefficient (Wildman–Crippen LogP) is 2.18. The van der Waals surface area contributed by atoms with E-state index >= 15 is 0 Å². The van der Waals surface area contributed by atoms with Crippen LogP contribution >= 0.6 is 0 Å². The van der Waals surface area contributed by atoms with Crippen LogP contribution in [0.25, 0.3) is 0 Å². The molecule has 22 heavy (non-hydrogen) atoms. The second-order valence-corrected chi connectivity index (χ2v) is 6.20. The van der Waals surface area contributed by atoms with Crippen LogP contribution in [0.1, 0.15) is 38.2 Å². The molecule has 1 aromatic rings. The molecule has 1 saturated heterocycles. The Hall–Kier alpha value is -1.39. The highest BCUT2D eigenvalue weighted by Gasteiger charge is 2.25. The monoisotopic (exact) mass is 304 g/mol. The second-order valence-electron chi connectivity index (χ2n) is 6.20. The first-order chi connectivity index (χ1) is 10.7. The average molecular weight is 304 g/mol. The molecule has 0 spiro atoms. The van der Waals surface area contributed by atoms with Crippen molar-refractivity contribution in [3.63, 3.8) is 0 Å². The van der Waals surface area contributed by atoms with Gasteiger partial charge >= 0.3 is 0 Å². The molecular weight excluding hydrogens is 276 g/mol. The van der Waals surface area contributed by atoms with Crippen LogP contribution in [0.4, 0.5) is 0 Å². The first-order valence-electron chi connectivity index (χ1n) is 8.41. The van der Waals surface area contributed by atoms with Crippen LogP contribution in [0.15, 0.2) is 30.3 Å². The predicted molar refractivity (Wildman–Crippen MR) is 88.4 cm³/mol. The third-order valence-corrected chi connectivity index (χ3v) is 4.37. The van der Waals surface area contributed by atoms with Gasteiger partial charge in [0, 0.05) is 19.6 Å². The normalized spacial score (nSPS) is 20.5. The van der Waals surface area contributed by atoms with E-state index in [0.717, 1.165) is 38.9 Å². The fourth-order valence-electron chi connectivity index (χ4n) is 2.97. The molecule has 1 aromatic carbocycles. The van der Waals surface area contributed by atoms with Gasteiger partial charge in [-0.25, -0.2) is 0 Å². The van der Waals surface area contributed by atoms with Crippen molar-refractivity contribution in [2.45, 2.75) is 45.3 Å². The Bertz CT molecular complexity index is 450. The van der Waals surface area contributed by atoms with Crippen LogP contribution in [0, 0.1) is 5.92 Å². The van der Waals surface area contributed by atoms with Crippen molar-refractivity contribution in [1.82, 2.24) is 10.2 Å². The lowest BCUT2D eigenvalue weighted by Crippen LogP contribution is -2.43. The molecule has 2 rings (SSSR count). The van der Waals surface area contributed by atoms with Crippen molar-refractivity contribution in [2.24, 2.45) is 5.92 Å². The van der Waals surface area contributed by atoms with E-state index in [2.05, 4.69) is 34.5 Å². The minimum absolute atomic E-state index is 0.0798. The van der Waals surface area contributed by atoms with Crippen LogP contribution < -0.4 is 5.32 Å². The van der Waals surface area contributed by atoms with Crippen LogP contribution in [0.3, 0.4) is 0 Å². The minimum atomic E-state index is -0.304. The fourth-order valence-corrected chi connectivity index (χ4v) is 2.97. The van der Waals surface area contributed by atoms with E-state index in [9.17, 15) is 9.90 Å². The van der Waals surface area contributed by atoms with Crippen LogP contribution in [0.5, 0.6) is 0 Å². The van der Waals surface area contributed by atoms with E-state index in [1.165, 1.54) is 5.56 Å². The zero-order chi connectivity index (χ0) is 15.8. The van der Waals surface area contributed by atoms with Crippen molar-refractivity contribution in [1.29, 1.82) is 0 Å². The number of piperidine rings is 1. The molecule has 122 valence electrons. The summed E-state index contributed by atoms with van der Waals surface area (Å²) in [6.45, 7) is 5.33. The molecule has 2 atom stereocenters. The maximum absolute atomic E-state index is 12.2. The Morgan fingerprint density at radius 3 is 2.91 bits per heavy atom. The number of amides is 1. The van der Waals surface area contributed by atoms with Gasteiger partial charge in [0.2, 0.25) is 5.91 Å². The molecule has 0 aromatic heterocycles. The number of hydrogen-bond donors (Lipinski definition) is 2. The average Bonchev–Trinajstić information content (AvgIpc) is 2.55. The van der Waals surface area contributed by atoms with Gasteiger partial charge in [0.25, 0.3) is 0 Å². The van der Waals surface area contributed by atoms with Gasteiger partial charge in [-0.3, -0.25) is 9.69 Å². The molecule has 1 fully saturated rings. The third kappa shape index (κ3) is 5.43. The van der Waals surface area contributed by atoms with E-state index in [4.69, 9.17) is 0 Å². The van der Waals surface area contributed by atoms with Crippen molar-refractivity contribution in [3.8, 4) is 0 Å². The molecule has 1 heterocycles. The van der Waals surface area contributed by atoms with Crippen molar-refractivity contribution in [2.75, 3.05) is 19.6 Å². The van der Waals surface area contributed by atoms with Gasteiger partial charge in [-0.05, 0) is 37.8 Å². The van der Waals surface area contributed by atoms with Gasteiger partial charge < -0.3 is 10.4 Å². The number of nitrogens with zero attached hydrogens (tertiary/aromatic N) is 1. The first-order valence-corrected chi connectivity index (χ1v) is 8.41. The molecule has 4 heteroatoms. The topological polar surface area (TPSA) is 52.6 Å². The Balaban J connectivity index is 1.76. The number of aliphatic hydroxyl groups excluding tert-OH is 1. The Kier molecular flexibility index (Phi) is 6.87. The lowest BCUT2D eigenvalue weighted by molar-refractivity contribution is -0.126. The van der Waals surface area contributed by atoms with Gasteiger partial charge in [-0.2, -0.15) is 0 Å².